The van der Waals surface area contributed by atoms with Crippen LogP contribution in [0.2, 0.25) is 0 Å². The van der Waals surface area contributed by atoms with Gasteiger partial charge in [-0.3, -0.25) is 0 Å². The van der Waals surface area contributed by atoms with E-state index in [-0.39, 0.29) is 12.1 Å². The van der Waals surface area contributed by atoms with Crippen molar-refractivity contribution in [3.63, 3.8) is 0 Å². The maximum atomic E-state index is 10.1. The minimum Gasteiger partial charge on any atom is -0.211 e. The molecule has 0 saturated heterocycles. The van der Waals surface area contributed by atoms with Gasteiger partial charge >= 0.3 is 0 Å². The van der Waals surface area contributed by atoms with Crippen molar-refractivity contribution in [3.8, 4) is 0 Å². The molecule has 1 fully saturated rings. The van der Waals surface area contributed by atoms with Gasteiger partial charge in [-0.15, -0.1) is 0 Å². The Balaban J connectivity index is 2.58. The van der Waals surface area contributed by atoms with E-state index in [9.17, 15) is 9.59 Å². The molecule has 70 valence electrons. The molecule has 0 aromatic carbocycles. The van der Waals surface area contributed by atoms with Crippen LogP contribution in [0.3, 0.4) is 0 Å². The van der Waals surface area contributed by atoms with E-state index in [2.05, 4.69) is 9.98 Å². The first-order valence-electron chi connectivity index (χ1n) is 4.50. The van der Waals surface area contributed by atoms with Gasteiger partial charge in [-0.1, -0.05) is 12.8 Å². The normalized spacial score (nSPS) is 28.0. The fraction of sp³-hybridized carbons (Fsp3) is 0.778. The average molecular weight is 180 g/mol. The smallest absolute Gasteiger partial charge is 0.211 e. The highest BCUT2D eigenvalue weighted by Gasteiger charge is 2.18. The standard InChI is InChI=1S/C9H12N2O2/c12-6-10-8-3-1-2-4-9(5-8)11-7-13/h8-9H,1-5H2. The third-order valence-electron chi connectivity index (χ3n) is 2.34. The van der Waals surface area contributed by atoms with E-state index in [0.29, 0.717) is 6.42 Å². The van der Waals surface area contributed by atoms with Crippen LogP contribution in [0.15, 0.2) is 9.98 Å². The van der Waals surface area contributed by atoms with Crippen molar-refractivity contribution in [1.29, 1.82) is 0 Å². The average Bonchev–Trinajstić information content (AvgIpc) is 2.32. The van der Waals surface area contributed by atoms with Crippen LogP contribution in [0.5, 0.6) is 0 Å². The number of isocyanates is 2. The molecular formula is C9H12N2O2. The highest BCUT2D eigenvalue weighted by molar-refractivity contribution is 5.34. The van der Waals surface area contributed by atoms with Gasteiger partial charge in [-0.25, -0.2) is 19.6 Å². The summed E-state index contributed by atoms with van der Waals surface area (Å²) in [6.07, 6.45) is 7.70. The summed E-state index contributed by atoms with van der Waals surface area (Å²) in [4.78, 5) is 27.5. The lowest BCUT2D eigenvalue weighted by Crippen LogP contribution is -2.11. The fourth-order valence-electron chi connectivity index (χ4n) is 1.69. The van der Waals surface area contributed by atoms with Gasteiger partial charge in [0, 0.05) is 0 Å². The lowest BCUT2D eigenvalue weighted by molar-refractivity contribution is 0.511. The number of carbonyl (C=O) groups excluding carboxylic acids is 2. The van der Waals surface area contributed by atoms with Gasteiger partial charge < -0.3 is 0 Å². The zero-order chi connectivity index (χ0) is 9.52. The molecule has 1 aliphatic carbocycles. The Hall–Kier alpha value is -1.24. The molecular weight excluding hydrogens is 168 g/mol. The molecule has 1 aliphatic rings. The summed E-state index contributed by atoms with van der Waals surface area (Å²) in [6.45, 7) is 0. The second-order valence-corrected chi connectivity index (χ2v) is 3.27. The topological polar surface area (TPSA) is 58.9 Å². The molecule has 4 heteroatoms. The molecule has 1 saturated carbocycles. The van der Waals surface area contributed by atoms with Gasteiger partial charge in [0.2, 0.25) is 12.2 Å². The van der Waals surface area contributed by atoms with Gasteiger partial charge in [0.25, 0.3) is 0 Å². The van der Waals surface area contributed by atoms with Crippen LogP contribution in [0, 0.1) is 0 Å². The molecule has 4 nitrogen and oxygen atoms in total. The van der Waals surface area contributed by atoms with Crippen molar-refractivity contribution in [2.45, 2.75) is 44.2 Å². The van der Waals surface area contributed by atoms with Crippen molar-refractivity contribution in [1.82, 2.24) is 0 Å². The second kappa shape index (κ2) is 5.41. The van der Waals surface area contributed by atoms with Crippen LogP contribution < -0.4 is 0 Å². The van der Waals surface area contributed by atoms with Crippen molar-refractivity contribution in [2.75, 3.05) is 0 Å². The first-order chi connectivity index (χ1) is 6.36. The summed E-state index contributed by atoms with van der Waals surface area (Å²) in [5, 5.41) is 0. The van der Waals surface area contributed by atoms with Crippen LogP contribution in [0.1, 0.15) is 32.1 Å². The van der Waals surface area contributed by atoms with E-state index in [1.54, 1.807) is 12.2 Å². The number of rotatable bonds is 2. The Morgan fingerprint density at radius 2 is 1.38 bits per heavy atom. The van der Waals surface area contributed by atoms with Gasteiger partial charge in [0.05, 0.1) is 12.1 Å². The van der Waals surface area contributed by atoms with Crippen molar-refractivity contribution in [2.24, 2.45) is 9.98 Å². The summed E-state index contributed by atoms with van der Waals surface area (Å²) >= 11 is 0. The molecule has 0 aromatic rings. The molecule has 1 rings (SSSR count). The molecule has 2 atom stereocenters. The molecule has 13 heavy (non-hydrogen) atoms. The third-order valence-corrected chi connectivity index (χ3v) is 2.34. The molecule has 0 heterocycles. The van der Waals surface area contributed by atoms with Crippen LogP contribution >= 0.6 is 0 Å². The maximum absolute atomic E-state index is 10.1. The molecule has 0 radical (unpaired) electrons. The molecule has 0 aliphatic heterocycles. The van der Waals surface area contributed by atoms with Gasteiger partial charge in [-0.05, 0) is 19.3 Å². The van der Waals surface area contributed by atoms with Gasteiger partial charge in [-0.2, -0.15) is 0 Å². The summed E-state index contributed by atoms with van der Waals surface area (Å²) in [5.74, 6) is 0. The summed E-state index contributed by atoms with van der Waals surface area (Å²) in [6, 6.07) is 0.00389. The van der Waals surface area contributed by atoms with E-state index in [1.165, 1.54) is 0 Å². The first-order valence-corrected chi connectivity index (χ1v) is 4.50. The Kier molecular flexibility index (Phi) is 4.10. The van der Waals surface area contributed by atoms with Crippen LogP contribution in [0.4, 0.5) is 0 Å². The Morgan fingerprint density at radius 3 is 1.77 bits per heavy atom. The van der Waals surface area contributed by atoms with Crippen molar-refractivity contribution >= 4 is 12.2 Å². The Bertz CT molecular complexity index is 226. The lowest BCUT2D eigenvalue weighted by Gasteiger charge is -2.08. The Labute approximate surface area is 76.8 Å². The Morgan fingerprint density at radius 1 is 0.923 bits per heavy atom. The van der Waals surface area contributed by atoms with Crippen LogP contribution in [-0.4, -0.2) is 24.2 Å². The number of nitrogens with zero attached hydrogens (tertiary/aromatic N) is 2. The number of aliphatic imine (C=N–C) groups is 2. The van der Waals surface area contributed by atoms with Crippen LogP contribution in [0.25, 0.3) is 0 Å². The van der Waals surface area contributed by atoms with E-state index in [1.807, 2.05) is 0 Å². The molecule has 0 bridgehead atoms. The molecule has 2 unspecified atom stereocenters. The highest BCUT2D eigenvalue weighted by atomic mass is 16.1. The number of hydrogen-bond acceptors (Lipinski definition) is 4. The predicted molar refractivity (Wildman–Crippen MR) is 46.9 cm³/mol. The molecule has 0 aromatic heterocycles. The summed E-state index contributed by atoms with van der Waals surface area (Å²) < 4.78 is 0. The zero-order valence-corrected chi connectivity index (χ0v) is 7.40. The summed E-state index contributed by atoms with van der Waals surface area (Å²) in [5.41, 5.74) is 0. The minimum atomic E-state index is 0.00194. The summed E-state index contributed by atoms with van der Waals surface area (Å²) in [7, 11) is 0. The molecule has 0 spiro atoms. The van der Waals surface area contributed by atoms with Crippen molar-refractivity contribution < 1.29 is 9.59 Å². The lowest BCUT2D eigenvalue weighted by atomic mass is 10.1. The first kappa shape index (κ1) is 9.85. The number of hydrogen-bond donors (Lipinski definition) is 0. The van der Waals surface area contributed by atoms with Crippen LogP contribution in [-0.2, 0) is 9.59 Å². The molecule has 0 N–H and O–H groups in total. The minimum absolute atomic E-state index is 0.00194. The highest BCUT2D eigenvalue weighted by Crippen LogP contribution is 2.21. The maximum Gasteiger partial charge on any atom is 0.235 e. The predicted octanol–water partition coefficient (Wildman–Crippen LogP) is 1.36. The molecule has 0 amide bonds. The largest absolute Gasteiger partial charge is 0.235 e. The second-order valence-electron chi connectivity index (χ2n) is 3.27. The van der Waals surface area contributed by atoms with Gasteiger partial charge in [0.1, 0.15) is 0 Å². The van der Waals surface area contributed by atoms with E-state index in [0.717, 1.165) is 25.7 Å². The quantitative estimate of drug-likeness (QED) is 0.366. The van der Waals surface area contributed by atoms with Gasteiger partial charge in [0.15, 0.2) is 0 Å². The monoisotopic (exact) mass is 180 g/mol. The van der Waals surface area contributed by atoms with E-state index < -0.39 is 0 Å². The van der Waals surface area contributed by atoms with E-state index in [4.69, 9.17) is 0 Å². The zero-order valence-electron chi connectivity index (χ0n) is 7.40. The third kappa shape index (κ3) is 3.32. The van der Waals surface area contributed by atoms with Crippen molar-refractivity contribution in [3.05, 3.63) is 0 Å². The fourth-order valence-corrected chi connectivity index (χ4v) is 1.69. The van der Waals surface area contributed by atoms with E-state index >= 15 is 0 Å². The SMILES string of the molecule is O=C=NC1CCCCC(N=C=O)C1.